The highest BCUT2D eigenvalue weighted by Gasteiger charge is 2.06. The Labute approximate surface area is 106 Å². The Kier molecular flexibility index (Phi) is 4.29. The number of nitrogens with zero attached hydrogens (tertiary/aromatic N) is 1. The van der Waals surface area contributed by atoms with Crippen molar-refractivity contribution in [2.24, 2.45) is 0 Å². The second-order valence-corrected chi connectivity index (χ2v) is 5.05. The van der Waals surface area contributed by atoms with Gasteiger partial charge in [-0.3, -0.25) is 4.98 Å². The molecular formula is C14H18N2S. The fourth-order valence-corrected chi connectivity index (χ4v) is 2.56. The van der Waals surface area contributed by atoms with Crippen LogP contribution < -0.4 is 5.32 Å². The highest BCUT2D eigenvalue weighted by Crippen LogP contribution is 2.22. The molecule has 0 aromatic carbocycles. The Hall–Kier alpha value is -1.19. The van der Waals surface area contributed by atoms with Crippen LogP contribution in [0.2, 0.25) is 0 Å². The summed E-state index contributed by atoms with van der Waals surface area (Å²) in [6.45, 7) is 5.25. The maximum atomic E-state index is 4.46. The zero-order chi connectivity index (χ0) is 12.1. The van der Waals surface area contributed by atoms with Crippen molar-refractivity contribution >= 4 is 21.6 Å². The van der Waals surface area contributed by atoms with Gasteiger partial charge >= 0.3 is 0 Å². The smallest absolute Gasteiger partial charge is 0.0809 e. The van der Waals surface area contributed by atoms with Crippen LogP contribution in [0.1, 0.15) is 31.9 Å². The first-order valence-electron chi connectivity index (χ1n) is 5.99. The largest absolute Gasteiger partial charge is 0.310 e. The summed E-state index contributed by atoms with van der Waals surface area (Å²) in [5.41, 5.74) is 2.36. The molecule has 2 aromatic heterocycles. The molecule has 0 aliphatic heterocycles. The zero-order valence-corrected chi connectivity index (χ0v) is 11.1. The quantitative estimate of drug-likeness (QED) is 0.639. The minimum atomic E-state index is 0.360. The average molecular weight is 246 g/mol. The molecule has 0 radical (unpaired) electrons. The Morgan fingerprint density at radius 3 is 3.24 bits per heavy atom. The lowest BCUT2D eigenvalue weighted by molar-refractivity contribution is 0.580. The molecule has 0 spiro atoms. The summed E-state index contributed by atoms with van der Waals surface area (Å²) in [5, 5.41) is 5.59. The first-order valence-corrected chi connectivity index (χ1v) is 6.87. The highest BCUT2D eigenvalue weighted by molar-refractivity contribution is 7.17. The van der Waals surface area contributed by atoms with Gasteiger partial charge < -0.3 is 5.32 Å². The lowest BCUT2D eigenvalue weighted by Crippen LogP contribution is -2.19. The Bertz CT molecular complexity index is 502. The third-order valence-electron chi connectivity index (χ3n) is 2.82. The number of rotatable bonds is 5. The SMILES string of the molecule is C/C=C/CCNC(C)c1cnc2ccsc2c1. The van der Waals surface area contributed by atoms with E-state index in [-0.39, 0.29) is 0 Å². The van der Waals surface area contributed by atoms with Gasteiger partial charge in [0.2, 0.25) is 0 Å². The summed E-state index contributed by atoms with van der Waals surface area (Å²) >= 11 is 1.75. The molecule has 0 saturated heterocycles. The monoisotopic (exact) mass is 246 g/mol. The number of allylic oxidation sites excluding steroid dienone is 1. The van der Waals surface area contributed by atoms with Gasteiger partial charge in [-0.15, -0.1) is 11.3 Å². The molecule has 2 rings (SSSR count). The van der Waals surface area contributed by atoms with Crippen molar-refractivity contribution in [3.8, 4) is 0 Å². The van der Waals surface area contributed by atoms with E-state index in [1.807, 2.05) is 6.20 Å². The van der Waals surface area contributed by atoms with Crippen LogP contribution in [0.4, 0.5) is 0 Å². The van der Waals surface area contributed by atoms with Gasteiger partial charge in [0.1, 0.15) is 0 Å². The van der Waals surface area contributed by atoms with Crippen molar-refractivity contribution in [3.05, 3.63) is 41.4 Å². The van der Waals surface area contributed by atoms with Gasteiger partial charge in [-0.1, -0.05) is 12.2 Å². The van der Waals surface area contributed by atoms with E-state index in [9.17, 15) is 0 Å². The molecular weight excluding hydrogens is 228 g/mol. The molecule has 1 N–H and O–H groups in total. The van der Waals surface area contributed by atoms with Crippen LogP contribution in [0.15, 0.2) is 35.9 Å². The summed E-state index contributed by atoms with van der Waals surface area (Å²) in [6.07, 6.45) is 7.32. The van der Waals surface area contributed by atoms with Gasteiger partial charge in [-0.05, 0) is 49.9 Å². The molecule has 90 valence electrons. The van der Waals surface area contributed by atoms with Crippen molar-refractivity contribution in [1.82, 2.24) is 10.3 Å². The molecule has 3 heteroatoms. The molecule has 1 atom stereocenters. The first kappa shape index (κ1) is 12.3. The van der Waals surface area contributed by atoms with Crippen LogP contribution in [0.25, 0.3) is 10.2 Å². The molecule has 0 aliphatic carbocycles. The predicted octanol–water partition coefficient (Wildman–Crippen LogP) is 3.91. The molecule has 2 heterocycles. The summed E-state index contributed by atoms with van der Waals surface area (Å²) in [5.74, 6) is 0. The van der Waals surface area contributed by atoms with E-state index in [2.05, 4.69) is 53.8 Å². The van der Waals surface area contributed by atoms with E-state index < -0.39 is 0 Å². The third-order valence-corrected chi connectivity index (χ3v) is 3.67. The standard InChI is InChI=1S/C14H18N2S/c1-3-4-5-7-15-11(2)12-9-14-13(16-10-12)6-8-17-14/h3-4,6,8-11,15H,5,7H2,1-2H3/b4-3+. The van der Waals surface area contributed by atoms with Gasteiger partial charge in [0, 0.05) is 12.2 Å². The van der Waals surface area contributed by atoms with Crippen molar-refractivity contribution in [2.45, 2.75) is 26.3 Å². The molecule has 2 aromatic rings. The molecule has 0 amide bonds. The van der Waals surface area contributed by atoms with E-state index in [1.54, 1.807) is 11.3 Å². The lowest BCUT2D eigenvalue weighted by Gasteiger charge is -2.13. The second kappa shape index (κ2) is 5.94. The molecule has 17 heavy (non-hydrogen) atoms. The predicted molar refractivity (Wildman–Crippen MR) is 75.5 cm³/mol. The minimum Gasteiger partial charge on any atom is -0.310 e. The van der Waals surface area contributed by atoms with Crippen LogP contribution in [0, 0.1) is 0 Å². The van der Waals surface area contributed by atoms with Crippen LogP contribution in [-0.4, -0.2) is 11.5 Å². The molecule has 2 nitrogen and oxygen atoms in total. The number of thiophene rings is 1. The van der Waals surface area contributed by atoms with E-state index in [1.165, 1.54) is 10.3 Å². The number of hydrogen-bond acceptors (Lipinski definition) is 3. The van der Waals surface area contributed by atoms with Crippen molar-refractivity contribution in [2.75, 3.05) is 6.54 Å². The van der Waals surface area contributed by atoms with Gasteiger partial charge in [-0.25, -0.2) is 0 Å². The average Bonchev–Trinajstić information content (AvgIpc) is 2.81. The minimum absolute atomic E-state index is 0.360. The number of aromatic nitrogens is 1. The molecule has 0 saturated carbocycles. The fourth-order valence-electron chi connectivity index (χ4n) is 1.77. The maximum absolute atomic E-state index is 4.46. The van der Waals surface area contributed by atoms with Crippen molar-refractivity contribution < 1.29 is 0 Å². The molecule has 0 fully saturated rings. The normalized spacial score (nSPS) is 13.5. The fraction of sp³-hybridized carbons (Fsp3) is 0.357. The second-order valence-electron chi connectivity index (χ2n) is 4.11. The van der Waals surface area contributed by atoms with Crippen molar-refractivity contribution in [1.29, 1.82) is 0 Å². The van der Waals surface area contributed by atoms with Crippen LogP contribution in [0.5, 0.6) is 0 Å². The summed E-state index contributed by atoms with van der Waals surface area (Å²) in [4.78, 5) is 4.46. The number of nitrogens with one attached hydrogen (secondary N) is 1. The number of fused-ring (bicyclic) bond motifs is 1. The zero-order valence-electron chi connectivity index (χ0n) is 10.3. The van der Waals surface area contributed by atoms with E-state index in [4.69, 9.17) is 0 Å². The molecule has 0 bridgehead atoms. The van der Waals surface area contributed by atoms with Crippen LogP contribution >= 0.6 is 11.3 Å². The first-order chi connectivity index (χ1) is 8.31. The van der Waals surface area contributed by atoms with Gasteiger partial charge in [0.25, 0.3) is 0 Å². The topological polar surface area (TPSA) is 24.9 Å². The van der Waals surface area contributed by atoms with Gasteiger partial charge in [-0.2, -0.15) is 0 Å². The molecule has 1 unspecified atom stereocenters. The summed E-state index contributed by atoms with van der Waals surface area (Å²) < 4.78 is 1.27. The third kappa shape index (κ3) is 3.14. The highest BCUT2D eigenvalue weighted by atomic mass is 32.1. The summed E-state index contributed by atoms with van der Waals surface area (Å²) in [7, 11) is 0. The van der Waals surface area contributed by atoms with Gasteiger partial charge in [0.15, 0.2) is 0 Å². The Morgan fingerprint density at radius 1 is 1.53 bits per heavy atom. The summed E-state index contributed by atoms with van der Waals surface area (Å²) in [6, 6.07) is 4.66. The van der Waals surface area contributed by atoms with Crippen molar-refractivity contribution in [3.63, 3.8) is 0 Å². The Balaban J connectivity index is 2.00. The van der Waals surface area contributed by atoms with Gasteiger partial charge in [0.05, 0.1) is 10.2 Å². The maximum Gasteiger partial charge on any atom is 0.0809 e. The van der Waals surface area contributed by atoms with E-state index >= 15 is 0 Å². The van der Waals surface area contributed by atoms with E-state index in [0.717, 1.165) is 18.5 Å². The number of hydrogen-bond donors (Lipinski definition) is 1. The van der Waals surface area contributed by atoms with Crippen LogP contribution in [0.3, 0.4) is 0 Å². The molecule has 0 aliphatic rings. The van der Waals surface area contributed by atoms with E-state index in [0.29, 0.717) is 6.04 Å². The number of pyridine rings is 1. The van der Waals surface area contributed by atoms with Crippen LogP contribution in [-0.2, 0) is 0 Å². The lowest BCUT2D eigenvalue weighted by atomic mass is 10.1. The Morgan fingerprint density at radius 2 is 2.41 bits per heavy atom.